The first-order valence-corrected chi connectivity index (χ1v) is 5.77. The van der Waals surface area contributed by atoms with E-state index in [9.17, 15) is 4.79 Å². The molecule has 17 heavy (non-hydrogen) atoms. The summed E-state index contributed by atoms with van der Waals surface area (Å²) in [4.78, 5) is 11.3. The van der Waals surface area contributed by atoms with Crippen LogP contribution >= 0.6 is 15.9 Å². The molecule has 0 aliphatic heterocycles. The lowest BCUT2D eigenvalue weighted by Gasteiger charge is -2.10. The van der Waals surface area contributed by atoms with Gasteiger partial charge >= 0.3 is 5.97 Å². The van der Waals surface area contributed by atoms with Crippen LogP contribution < -0.4 is 4.74 Å². The Hall–Kier alpha value is -1.47. The highest BCUT2D eigenvalue weighted by atomic mass is 79.9. The Balaban J connectivity index is 3.19. The molecule has 0 spiro atoms. The van der Waals surface area contributed by atoms with Crippen LogP contribution in [0.1, 0.15) is 18.1 Å². The molecule has 0 heterocycles. The van der Waals surface area contributed by atoms with Gasteiger partial charge in [0.25, 0.3) is 0 Å². The fraction of sp³-hybridized carbons (Fsp3) is 0.308. The van der Waals surface area contributed by atoms with Gasteiger partial charge < -0.3 is 9.47 Å². The lowest BCUT2D eigenvalue weighted by molar-refractivity contribution is -0.139. The fourth-order valence-corrected chi connectivity index (χ4v) is 1.98. The van der Waals surface area contributed by atoms with Crippen LogP contribution in [0.4, 0.5) is 0 Å². The smallest absolute Gasteiger partial charge is 0.310 e. The number of carbonyl (C=O) groups is 1. The van der Waals surface area contributed by atoms with Crippen LogP contribution in [0.25, 0.3) is 0 Å². The number of halogens is 1. The molecule has 0 aliphatic carbocycles. The first-order valence-electron chi connectivity index (χ1n) is 4.98. The summed E-state index contributed by atoms with van der Waals surface area (Å²) >= 11 is 3.41. The molecule has 0 saturated carbocycles. The van der Waals surface area contributed by atoms with Gasteiger partial charge in [0.05, 0.1) is 20.6 Å². The summed E-state index contributed by atoms with van der Waals surface area (Å²) in [5, 5.41) is 0. The molecule has 3 nitrogen and oxygen atoms in total. The van der Waals surface area contributed by atoms with Crippen molar-refractivity contribution in [3.8, 4) is 17.6 Å². The van der Waals surface area contributed by atoms with E-state index >= 15 is 0 Å². The standard InChI is InChI=1S/C13H13BrO3/c1-4-5-9-6-11(14)10(8-13(15)17-3)12(7-9)16-2/h6-7H,8H2,1-3H3. The molecule has 0 fully saturated rings. The fourth-order valence-electron chi connectivity index (χ4n) is 1.40. The Morgan fingerprint density at radius 2 is 2.12 bits per heavy atom. The Bertz CT molecular complexity index is 483. The van der Waals surface area contributed by atoms with Gasteiger partial charge in [0.15, 0.2) is 0 Å². The van der Waals surface area contributed by atoms with E-state index < -0.39 is 0 Å². The van der Waals surface area contributed by atoms with Crippen LogP contribution in [0.5, 0.6) is 5.75 Å². The number of methoxy groups -OCH3 is 2. The highest BCUT2D eigenvalue weighted by Crippen LogP contribution is 2.29. The van der Waals surface area contributed by atoms with E-state index in [1.165, 1.54) is 7.11 Å². The molecule has 4 heteroatoms. The summed E-state index contributed by atoms with van der Waals surface area (Å²) in [6.07, 6.45) is 0.167. The zero-order chi connectivity index (χ0) is 12.8. The molecule has 0 radical (unpaired) electrons. The minimum absolute atomic E-state index is 0.167. The van der Waals surface area contributed by atoms with Crippen LogP contribution in [0.2, 0.25) is 0 Å². The normalized spacial score (nSPS) is 9.18. The molecule has 0 unspecified atom stereocenters. The van der Waals surface area contributed by atoms with E-state index in [0.29, 0.717) is 5.75 Å². The van der Waals surface area contributed by atoms with Crippen molar-refractivity contribution in [3.05, 3.63) is 27.7 Å². The van der Waals surface area contributed by atoms with E-state index in [2.05, 4.69) is 32.5 Å². The SMILES string of the molecule is CC#Cc1cc(Br)c(CC(=O)OC)c(OC)c1. The quantitative estimate of drug-likeness (QED) is 0.635. The van der Waals surface area contributed by atoms with Crippen LogP contribution in [0.3, 0.4) is 0 Å². The summed E-state index contributed by atoms with van der Waals surface area (Å²) < 4.78 is 10.7. The Morgan fingerprint density at radius 1 is 1.41 bits per heavy atom. The first-order chi connectivity index (χ1) is 8.12. The van der Waals surface area contributed by atoms with Gasteiger partial charge in [-0.15, -0.1) is 5.92 Å². The number of hydrogen-bond donors (Lipinski definition) is 0. The van der Waals surface area contributed by atoms with E-state index in [4.69, 9.17) is 4.74 Å². The van der Waals surface area contributed by atoms with Crippen molar-refractivity contribution in [1.29, 1.82) is 0 Å². The van der Waals surface area contributed by atoms with Crippen LogP contribution in [0, 0.1) is 11.8 Å². The Labute approximate surface area is 109 Å². The second kappa shape index (κ2) is 6.31. The van der Waals surface area contributed by atoms with E-state index in [1.54, 1.807) is 20.1 Å². The third kappa shape index (κ3) is 3.50. The number of rotatable bonds is 3. The molecule has 0 bridgehead atoms. The van der Waals surface area contributed by atoms with Crippen molar-refractivity contribution in [1.82, 2.24) is 0 Å². The molecular weight excluding hydrogens is 284 g/mol. The van der Waals surface area contributed by atoms with Crippen molar-refractivity contribution in [2.75, 3.05) is 14.2 Å². The molecule has 0 saturated heterocycles. The molecule has 1 aromatic rings. The topological polar surface area (TPSA) is 35.5 Å². The van der Waals surface area contributed by atoms with Gasteiger partial charge in [0, 0.05) is 15.6 Å². The number of ether oxygens (including phenoxy) is 2. The predicted molar refractivity (Wildman–Crippen MR) is 69.0 cm³/mol. The molecule has 0 aliphatic rings. The largest absolute Gasteiger partial charge is 0.496 e. The van der Waals surface area contributed by atoms with Crippen LogP contribution in [0.15, 0.2) is 16.6 Å². The predicted octanol–water partition coefficient (Wildman–Crippen LogP) is 2.54. The van der Waals surface area contributed by atoms with E-state index in [-0.39, 0.29) is 12.4 Å². The number of benzene rings is 1. The molecule has 0 amide bonds. The van der Waals surface area contributed by atoms with Gasteiger partial charge in [-0.25, -0.2) is 0 Å². The highest BCUT2D eigenvalue weighted by molar-refractivity contribution is 9.10. The van der Waals surface area contributed by atoms with Gasteiger partial charge in [-0.05, 0) is 19.1 Å². The zero-order valence-corrected chi connectivity index (χ0v) is 11.6. The maximum absolute atomic E-state index is 11.3. The van der Waals surface area contributed by atoms with Crippen molar-refractivity contribution in [2.45, 2.75) is 13.3 Å². The van der Waals surface area contributed by atoms with Gasteiger partial charge in [-0.3, -0.25) is 4.79 Å². The first kappa shape index (κ1) is 13.6. The third-order valence-electron chi connectivity index (χ3n) is 2.19. The monoisotopic (exact) mass is 296 g/mol. The van der Waals surface area contributed by atoms with E-state index in [0.717, 1.165) is 15.6 Å². The summed E-state index contributed by atoms with van der Waals surface area (Å²) in [6, 6.07) is 3.66. The summed E-state index contributed by atoms with van der Waals surface area (Å²) in [7, 11) is 2.92. The van der Waals surface area contributed by atoms with Crippen LogP contribution in [-0.2, 0) is 16.0 Å². The summed E-state index contributed by atoms with van der Waals surface area (Å²) in [5.74, 6) is 6.08. The van der Waals surface area contributed by atoms with Crippen molar-refractivity contribution in [2.24, 2.45) is 0 Å². The summed E-state index contributed by atoms with van der Waals surface area (Å²) in [6.45, 7) is 1.77. The number of hydrogen-bond acceptors (Lipinski definition) is 3. The Morgan fingerprint density at radius 3 is 2.65 bits per heavy atom. The molecular formula is C13H13BrO3. The average Bonchev–Trinajstić information content (AvgIpc) is 2.32. The molecule has 0 aromatic heterocycles. The maximum Gasteiger partial charge on any atom is 0.310 e. The second-order valence-corrected chi connectivity index (χ2v) is 4.12. The summed E-state index contributed by atoms with van der Waals surface area (Å²) in [5.41, 5.74) is 1.60. The molecule has 1 aromatic carbocycles. The van der Waals surface area contributed by atoms with Gasteiger partial charge in [-0.1, -0.05) is 21.9 Å². The van der Waals surface area contributed by atoms with Crippen molar-refractivity contribution < 1.29 is 14.3 Å². The average molecular weight is 297 g/mol. The number of esters is 1. The molecule has 0 atom stereocenters. The maximum atomic E-state index is 11.3. The second-order valence-electron chi connectivity index (χ2n) is 3.27. The van der Waals surface area contributed by atoms with Gasteiger partial charge in [-0.2, -0.15) is 0 Å². The van der Waals surface area contributed by atoms with Crippen LogP contribution in [-0.4, -0.2) is 20.2 Å². The van der Waals surface area contributed by atoms with Crippen molar-refractivity contribution in [3.63, 3.8) is 0 Å². The van der Waals surface area contributed by atoms with E-state index in [1.807, 2.05) is 6.07 Å². The molecule has 0 N–H and O–H groups in total. The zero-order valence-electron chi connectivity index (χ0n) is 9.96. The van der Waals surface area contributed by atoms with Gasteiger partial charge in [0.1, 0.15) is 5.75 Å². The minimum atomic E-state index is -0.307. The Kier molecular flexibility index (Phi) is 5.05. The van der Waals surface area contributed by atoms with Crippen molar-refractivity contribution >= 4 is 21.9 Å². The number of carbonyl (C=O) groups excluding carboxylic acids is 1. The lowest BCUT2D eigenvalue weighted by Crippen LogP contribution is -2.07. The third-order valence-corrected chi connectivity index (χ3v) is 2.90. The minimum Gasteiger partial charge on any atom is -0.496 e. The molecule has 1 rings (SSSR count). The lowest BCUT2D eigenvalue weighted by atomic mass is 10.1. The van der Waals surface area contributed by atoms with Gasteiger partial charge in [0.2, 0.25) is 0 Å². The molecule has 90 valence electrons. The highest BCUT2D eigenvalue weighted by Gasteiger charge is 2.13.